The van der Waals surface area contributed by atoms with E-state index in [1.54, 1.807) is 0 Å². The first-order valence-electron chi connectivity index (χ1n) is 5.32. The number of hydrogen-bond acceptors (Lipinski definition) is 4. The molecule has 17 heavy (non-hydrogen) atoms. The molecule has 1 N–H and O–H groups in total. The SMILES string of the molecule is COCCCN1CC(C(=O)O)CN(C)S1(=O)=O. The summed E-state index contributed by atoms with van der Waals surface area (Å²) in [5, 5.41) is 8.94. The molecule has 100 valence electrons. The van der Waals surface area contributed by atoms with Crippen LogP contribution in [0.4, 0.5) is 0 Å². The molecule has 0 aromatic heterocycles. The Morgan fingerprint density at radius 1 is 1.47 bits per heavy atom. The average molecular weight is 266 g/mol. The summed E-state index contributed by atoms with van der Waals surface area (Å²) >= 11 is 0. The van der Waals surface area contributed by atoms with Gasteiger partial charge in [0.25, 0.3) is 10.2 Å². The maximum absolute atomic E-state index is 11.9. The highest BCUT2D eigenvalue weighted by Gasteiger charge is 2.38. The lowest BCUT2D eigenvalue weighted by Crippen LogP contribution is -2.54. The molecule has 1 rings (SSSR count). The van der Waals surface area contributed by atoms with E-state index in [-0.39, 0.29) is 19.6 Å². The Bertz CT molecular complexity index is 370. The van der Waals surface area contributed by atoms with Crippen LogP contribution in [-0.4, -0.2) is 68.5 Å². The maximum atomic E-state index is 11.9. The van der Waals surface area contributed by atoms with E-state index in [9.17, 15) is 13.2 Å². The minimum atomic E-state index is -3.50. The summed E-state index contributed by atoms with van der Waals surface area (Å²) < 4.78 is 30.9. The van der Waals surface area contributed by atoms with Gasteiger partial charge in [-0.15, -0.1) is 0 Å². The summed E-state index contributed by atoms with van der Waals surface area (Å²) in [5.41, 5.74) is 0. The standard InChI is InChI=1S/C9H18N2O5S/c1-10-6-8(9(12)13)7-11(17(10,14)15)4-3-5-16-2/h8H,3-7H2,1-2H3,(H,12,13). The first-order chi connectivity index (χ1) is 7.89. The van der Waals surface area contributed by atoms with Crippen LogP contribution in [-0.2, 0) is 19.7 Å². The van der Waals surface area contributed by atoms with E-state index in [0.29, 0.717) is 13.0 Å². The van der Waals surface area contributed by atoms with Crippen molar-refractivity contribution in [3.63, 3.8) is 0 Å². The molecule has 1 saturated heterocycles. The normalized spacial score (nSPS) is 25.9. The molecule has 0 aromatic carbocycles. The number of hydrogen-bond donors (Lipinski definition) is 1. The summed E-state index contributed by atoms with van der Waals surface area (Å²) in [6.45, 7) is 0.794. The van der Waals surface area contributed by atoms with Gasteiger partial charge < -0.3 is 9.84 Å². The molecular weight excluding hydrogens is 248 g/mol. The molecule has 1 aliphatic rings. The summed E-state index contributed by atoms with van der Waals surface area (Å²) in [7, 11) is -0.566. The molecule has 0 amide bonds. The van der Waals surface area contributed by atoms with Crippen molar-refractivity contribution in [1.29, 1.82) is 0 Å². The molecule has 7 nitrogen and oxygen atoms in total. The van der Waals surface area contributed by atoms with Gasteiger partial charge >= 0.3 is 5.97 Å². The van der Waals surface area contributed by atoms with Crippen LogP contribution in [0.1, 0.15) is 6.42 Å². The number of carbonyl (C=O) groups is 1. The number of nitrogens with zero attached hydrogens (tertiary/aromatic N) is 2. The van der Waals surface area contributed by atoms with Crippen molar-refractivity contribution in [3.05, 3.63) is 0 Å². The monoisotopic (exact) mass is 266 g/mol. The Labute approximate surface area is 101 Å². The van der Waals surface area contributed by atoms with Gasteiger partial charge in [-0.1, -0.05) is 0 Å². The zero-order chi connectivity index (χ0) is 13.1. The topological polar surface area (TPSA) is 87.2 Å². The van der Waals surface area contributed by atoms with Gasteiger partial charge in [-0.3, -0.25) is 4.79 Å². The Morgan fingerprint density at radius 2 is 2.12 bits per heavy atom. The van der Waals surface area contributed by atoms with Gasteiger partial charge in [0.2, 0.25) is 0 Å². The lowest BCUT2D eigenvalue weighted by Gasteiger charge is -2.35. The molecule has 0 radical (unpaired) electrons. The summed E-state index contributed by atoms with van der Waals surface area (Å²) in [6, 6.07) is 0. The maximum Gasteiger partial charge on any atom is 0.309 e. The largest absolute Gasteiger partial charge is 0.481 e. The number of methoxy groups -OCH3 is 1. The van der Waals surface area contributed by atoms with Crippen molar-refractivity contribution >= 4 is 16.2 Å². The van der Waals surface area contributed by atoms with Crippen LogP contribution < -0.4 is 0 Å². The Hall–Kier alpha value is -0.700. The molecule has 0 aliphatic carbocycles. The van der Waals surface area contributed by atoms with Crippen LogP contribution >= 0.6 is 0 Å². The quantitative estimate of drug-likeness (QED) is 0.659. The average Bonchev–Trinajstić information content (AvgIpc) is 2.24. The molecule has 0 spiro atoms. The lowest BCUT2D eigenvalue weighted by atomic mass is 10.1. The summed E-state index contributed by atoms with van der Waals surface area (Å²) in [6.07, 6.45) is 0.551. The van der Waals surface area contributed by atoms with Crippen LogP contribution in [0.15, 0.2) is 0 Å². The van der Waals surface area contributed by atoms with Crippen molar-refractivity contribution in [2.24, 2.45) is 5.92 Å². The fraction of sp³-hybridized carbons (Fsp3) is 0.889. The van der Waals surface area contributed by atoms with Gasteiger partial charge in [0.1, 0.15) is 0 Å². The van der Waals surface area contributed by atoms with Crippen LogP contribution in [0.25, 0.3) is 0 Å². The molecule has 1 unspecified atom stereocenters. The summed E-state index contributed by atoms with van der Waals surface area (Å²) in [5.74, 6) is -1.64. The molecule has 0 saturated carbocycles. The second-order valence-electron chi connectivity index (χ2n) is 4.03. The zero-order valence-electron chi connectivity index (χ0n) is 10.00. The third kappa shape index (κ3) is 3.38. The first kappa shape index (κ1) is 14.4. The van der Waals surface area contributed by atoms with Gasteiger partial charge in [-0.05, 0) is 6.42 Å². The highest BCUT2D eigenvalue weighted by atomic mass is 32.2. The van der Waals surface area contributed by atoms with E-state index in [1.807, 2.05) is 0 Å². The van der Waals surface area contributed by atoms with Crippen LogP contribution in [0.5, 0.6) is 0 Å². The summed E-state index contributed by atoms with van der Waals surface area (Å²) in [4.78, 5) is 10.9. The van der Waals surface area contributed by atoms with Crippen molar-refractivity contribution in [2.75, 3.05) is 40.4 Å². The molecule has 0 aromatic rings. The first-order valence-corrected chi connectivity index (χ1v) is 6.72. The second-order valence-corrected chi connectivity index (χ2v) is 6.06. The number of rotatable bonds is 5. The van der Waals surface area contributed by atoms with Gasteiger partial charge in [-0.25, -0.2) is 0 Å². The smallest absolute Gasteiger partial charge is 0.309 e. The van der Waals surface area contributed by atoms with E-state index in [4.69, 9.17) is 9.84 Å². The Balaban J connectivity index is 2.72. The zero-order valence-corrected chi connectivity index (χ0v) is 10.8. The highest BCUT2D eigenvalue weighted by molar-refractivity contribution is 7.86. The molecule has 0 bridgehead atoms. The Kier molecular flexibility index (Phi) is 4.87. The van der Waals surface area contributed by atoms with E-state index in [1.165, 1.54) is 18.5 Å². The number of aliphatic carboxylic acids is 1. The highest BCUT2D eigenvalue weighted by Crippen LogP contribution is 2.19. The van der Waals surface area contributed by atoms with E-state index in [2.05, 4.69) is 0 Å². The third-order valence-electron chi connectivity index (χ3n) is 2.73. The fourth-order valence-electron chi connectivity index (χ4n) is 1.75. The predicted octanol–water partition coefficient (Wildman–Crippen LogP) is -0.784. The van der Waals surface area contributed by atoms with Gasteiger partial charge in [0, 0.05) is 40.4 Å². The third-order valence-corrected chi connectivity index (χ3v) is 4.65. The van der Waals surface area contributed by atoms with Crippen LogP contribution in [0.3, 0.4) is 0 Å². The molecule has 1 heterocycles. The molecule has 1 aliphatic heterocycles. The fourth-order valence-corrected chi connectivity index (χ4v) is 3.24. The molecular formula is C9H18N2O5S. The van der Waals surface area contributed by atoms with E-state index >= 15 is 0 Å². The van der Waals surface area contributed by atoms with Gasteiger partial charge in [0.05, 0.1) is 5.92 Å². The van der Waals surface area contributed by atoms with Gasteiger partial charge in [0.15, 0.2) is 0 Å². The molecule has 8 heteroatoms. The molecule has 1 atom stereocenters. The lowest BCUT2D eigenvalue weighted by molar-refractivity contribution is -0.142. The minimum absolute atomic E-state index is 0.0262. The molecule has 1 fully saturated rings. The number of carboxylic acids is 1. The van der Waals surface area contributed by atoms with Crippen molar-refractivity contribution in [2.45, 2.75) is 6.42 Å². The second kappa shape index (κ2) is 5.76. The minimum Gasteiger partial charge on any atom is -0.481 e. The van der Waals surface area contributed by atoms with Crippen molar-refractivity contribution < 1.29 is 23.1 Å². The predicted molar refractivity (Wildman–Crippen MR) is 60.7 cm³/mol. The van der Waals surface area contributed by atoms with Crippen molar-refractivity contribution in [3.8, 4) is 0 Å². The Morgan fingerprint density at radius 3 is 2.65 bits per heavy atom. The van der Waals surface area contributed by atoms with Crippen LogP contribution in [0, 0.1) is 5.92 Å². The van der Waals surface area contributed by atoms with E-state index in [0.717, 1.165) is 4.31 Å². The van der Waals surface area contributed by atoms with Gasteiger partial charge in [-0.2, -0.15) is 17.0 Å². The van der Waals surface area contributed by atoms with Crippen LogP contribution in [0.2, 0.25) is 0 Å². The number of ether oxygens (including phenoxy) is 1. The van der Waals surface area contributed by atoms with Crippen molar-refractivity contribution in [1.82, 2.24) is 8.61 Å². The number of carboxylic acid groups (broad SMARTS) is 1. The van der Waals surface area contributed by atoms with E-state index < -0.39 is 22.1 Å².